The Morgan fingerprint density at radius 1 is 1.03 bits per heavy atom. The average molecular weight is 412 g/mol. The molecule has 5 rings (SSSR count). The fourth-order valence-corrected chi connectivity index (χ4v) is 5.67. The van der Waals surface area contributed by atoms with Crippen molar-refractivity contribution < 1.29 is 13.2 Å². The van der Waals surface area contributed by atoms with E-state index in [1.165, 1.54) is 11.6 Å². The largest absolute Gasteiger partial charge is 0.312 e. The van der Waals surface area contributed by atoms with Crippen molar-refractivity contribution in [2.45, 2.75) is 42.2 Å². The molecule has 0 radical (unpaired) electrons. The predicted octanol–water partition coefficient (Wildman–Crippen LogP) is 2.22. The van der Waals surface area contributed by atoms with Gasteiger partial charge < -0.3 is 10.2 Å². The molecule has 2 bridgehead atoms. The second-order valence-corrected chi connectivity index (χ2v) is 10.1. The van der Waals surface area contributed by atoms with Crippen LogP contribution in [-0.4, -0.2) is 33.0 Å². The monoisotopic (exact) mass is 411 g/mol. The molecule has 5 atom stereocenters. The van der Waals surface area contributed by atoms with Gasteiger partial charge >= 0.3 is 0 Å². The van der Waals surface area contributed by atoms with E-state index >= 15 is 0 Å². The molecular formula is C22H25N3O3S. The summed E-state index contributed by atoms with van der Waals surface area (Å²) in [5.41, 5.74) is 1.81. The minimum absolute atomic E-state index is 0.0410. The van der Waals surface area contributed by atoms with Crippen LogP contribution in [0, 0.1) is 11.8 Å². The van der Waals surface area contributed by atoms with Crippen molar-refractivity contribution in [3.8, 4) is 0 Å². The maximum Gasteiger partial charge on any atom is 0.238 e. The molecule has 3 N–H and O–H groups in total. The number of carbonyl (C=O) groups is 1. The summed E-state index contributed by atoms with van der Waals surface area (Å²) in [6.45, 7) is 0.997. The first-order valence-electron chi connectivity index (χ1n) is 10.2. The topological polar surface area (TPSA) is 92.5 Å². The van der Waals surface area contributed by atoms with E-state index in [4.69, 9.17) is 5.14 Å². The van der Waals surface area contributed by atoms with E-state index in [1.807, 2.05) is 29.2 Å². The van der Waals surface area contributed by atoms with Crippen LogP contribution in [0.1, 0.15) is 30.7 Å². The SMILES string of the molecule is NS(=O)(=O)c1cccc(N(C(=O)C2CC2c2ccccc2)C2CC3CNC2C3)c1. The number of piperidine rings is 1. The average Bonchev–Trinajstić information content (AvgIpc) is 3.25. The standard InChI is InChI=1S/C22H25N3O3S/c23-29(27,28)17-8-4-7-16(11-17)25(21-10-14-9-20(21)24-13-14)22(26)19-12-18(19)15-5-2-1-3-6-15/h1-8,11,14,18-21,24H,9-10,12-13H2,(H2,23,27,28). The summed E-state index contributed by atoms with van der Waals surface area (Å²) in [6, 6.07) is 16.9. The van der Waals surface area contributed by atoms with Gasteiger partial charge in [-0.2, -0.15) is 0 Å². The Morgan fingerprint density at radius 2 is 1.83 bits per heavy atom. The zero-order valence-electron chi connectivity index (χ0n) is 16.1. The third kappa shape index (κ3) is 3.47. The molecule has 1 amide bonds. The van der Waals surface area contributed by atoms with Crippen molar-refractivity contribution in [3.05, 3.63) is 60.2 Å². The number of primary sulfonamides is 1. The Kier molecular flexibility index (Phi) is 4.49. The van der Waals surface area contributed by atoms with Crippen molar-refractivity contribution in [3.63, 3.8) is 0 Å². The van der Waals surface area contributed by atoms with Gasteiger partial charge in [-0.3, -0.25) is 4.79 Å². The lowest BCUT2D eigenvalue weighted by molar-refractivity contribution is -0.120. The number of hydrogen-bond donors (Lipinski definition) is 2. The lowest BCUT2D eigenvalue weighted by atomic mass is 10.0. The van der Waals surface area contributed by atoms with Crippen LogP contribution >= 0.6 is 0 Å². The van der Waals surface area contributed by atoms with E-state index in [9.17, 15) is 13.2 Å². The highest BCUT2D eigenvalue weighted by Gasteiger charge is 2.51. The highest BCUT2D eigenvalue weighted by molar-refractivity contribution is 7.89. The molecule has 5 unspecified atom stereocenters. The van der Waals surface area contributed by atoms with E-state index < -0.39 is 10.0 Å². The van der Waals surface area contributed by atoms with Crippen molar-refractivity contribution in [2.75, 3.05) is 11.4 Å². The van der Waals surface area contributed by atoms with Gasteiger partial charge in [-0.25, -0.2) is 13.6 Å². The van der Waals surface area contributed by atoms with Gasteiger partial charge in [0, 0.05) is 17.6 Å². The highest BCUT2D eigenvalue weighted by Crippen LogP contribution is 2.50. The Bertz CT molecular complexity index is 1040. The quantitative estimate of drug-likeness (QED) is 0.789. The van der Waals surface area contributed by atoms with Gasteiger partial charge in [0.2, 0.25) is 15.9 Å². The summed E-state index contributed by atoms with van der Waals surface area (Å²) in [7, 11) is -3.83. The normalized spacial score (nSPS) is 30.3. The zero-order chi connectivity index (χ0) is 20.2. The van der Waals surface area contributed by atoms with Crippen LogP contribution in [0.5, 0.6) is 0 Å². The molecule has 2 saturated carbocycles. The predicted molar refractivity (Wildman–Crippen MR) is 111 cm³/mol. The van der Waals surface area contributed by atoms with Crippen LogP contribution in [0.15, 0.2) is 59.5 Å². The smallest absolute Gasteiger partial charge is 0.238 e. The lowest BCUT2D eigenvalue weighted by Crippen LogP contribution is -2.51. The first-order valence-corrected chi connectivity index (χ1v) is 11.7. The summed E-state index contributed by atoms with van der Waals surface area (Å²) >= 11 is 0. The molecule has 29 heavy (non-hydrogen) atoms. The van der Waals surface area contributed by atoms with E-state index in [1.54, 1.807) is 12.1 Å². The molecule has 3 fully saturated rings. The van der Waals surface area contributed by atoms with Crippen LogP contribution in [0.2, 0.25) is 0 Å². The minimum Gasteiger partial charge on any atom is -0.312 e. The van der Waals surface area contributed by atoms with Crippen molar-refractivity contribution in [2.24, 2.45) is 17.0 Å². The number of anilines is 1. The molecule has 1 saturated heterocycles. The third-order valence-corrected chi connectivity index (χ3v) is 7.54. The fraction of sp³-hybridized carbons (Fsp3) is 0.409. The number of hydrogen-bond acceptors (Lipinski definition) is 4. The molecular weight excluding hydrogens is 386 g/mol. The number of nitrogens with one attached hydrogen (secondary N) is 1. The number of carbonyl (C=O) groups excluding carboxylic acids is 1. The molecule has 7 heteroatoms. The van der Waals surface area contributed by atoms with Gasteiger partial charge in [-0.15, -0.1) is 0 Å². The first-order chi connectivity index (χ1) is 13.9. The van der Waals surface area contributed by atoms with Gasteiger partial charge in [0.05, 0.1) is 10.9 Å². The molecule has 2 aliphatic carbocycles. The molecule has 2 aromatic rings. The van der Waals surface area contributed by atoms with Crippen molar-refractivity contribution in [1.29, 1.82) is 0 Å². The van der Waals surface area contributed by atoms with Crippen LogP contribution in [0.3, 0.4) is 0 Å². The Morgan fingerprint density at radius 3 is 2.48 bits per heavy atom. The summed E-state index contributed by atoms with van der Waals surface area (Å²) in [5, 5.41) is 8.86. The Balaban J connectivity index is 1.48. The molecule has 0 aromatic heterocycles. The molecule has 1 aliphatic heterocycles. The number of sulfonamides is 1. The molecule has 1 heterocycles. The third-order valence-electron chi connectivity index (χ3n) is 6.62. The minimum atomic E-state index is -3.83. The van der Waals surface area contributed by atoms with Crippen LogP contribution in [-0.2, 0) is 14.8 Å². The maximum absolute atomic E-state index is 13.6. The van der Waals surface area contributed by atoms with E-state index in [-0.39, 0.29) is 34.7 Å². The van der Waals surface area contributed by atoms with Crippen molar-refractivity contribution >= 4 is 21.6 Å². The number of benzene rings is 2. The molecule has 2 aromatic carbocycles. The number of fused-ring (bicyclic) bond motifs is 2. The summed E-state index contributed by atoms with van der Waals surface area (Å²) < 4.78 is 23.7. The summed E-state index contributed by atoms with van der Waals surface area (Å²) in [4.78, 5) is 15.5. The van der Waals surface area contributed by atoms with Gasteiger partial charge in [-0.05, 0) is 61.4 Å². The van der Waals surface area contributed by atoms with Gasteiger partial charge in [0.25, 0.3) is 0 Å². The van der Waals surface area contributed by atoms with Gasteiger partial charge in [0.1, 0.15) is 0 Å². The Hall–Kier alpha value is -2.22. The van der Waals surface area contributed by atoms with E-state index in [0.717, 1.165) is 25.8 Å². The number of amides is 1. The molecule has 152 valence electrons. The first kappa shape index (κ1) is 18.8. The Labute approximate surface area is 171 Å². The second kappa shape index (κ2) is 6.93. The van der Waals surface area contributed by atoms with Crippen LogP contribution < -0.4 is 15.4 Å². The maximum atomic E-state index is 13.6. The number of nitrogens with zero attached hydrogens (tertiary/aromatic N) is 1. The van der Waals surface area contributed by atoms with Gasteiger partial charge in [0.15, 0.2) is 0 Å². The summed E-state index contributed by atoms with van der Waals surface area (Å²) in [6.07, 6.45) is 2.85. The van der Waals surface area contributed by atoms with Crippen molar-refractivity contribution in [1.82, 2.24) is 5.32 Å². The highest BCUT2D eigenvalue weighted by atomic mass is 32.2. The fourth-order valence-electron chi connectivity index (χ4n) is 5.12. The number of rotatable bonds is 5. The molecule has 6 nitrogen and oxygen atoms in total. The molecule has 3 aliphatic rings. The lowest BCUT2D eigenvalue weighted by Gasteiger charge is -2.35. The van der Waals surface area contributed by atoms with Crippen LogP contribution in [0.25, 0.3) is 0 Å². The molecule has 0 spiro atoms. The number of nitrogens with two attached hydrogens (primary N) is 1. The van der Waals surface area contributed by atoms with E-state index in [2.05, 4.69) is 17.4 Å². The second-order valence-electron chi connectivity index (χ2n) is 8.53. The zero-order valence-corrected chi connectivity index (χ0v) is 16.9. The van der Waals surface area contributed by atoms with Crippen LogP contribution in [0.4, 0.5) is 5.69 Å². The van der Waals surface area contributed by atoms with Gasteiger partial charge in [-0.1, -0.05) is 36.4 Å². The van der Waals surface area contributed by atoms with E-state index in [0.29, 0.717) is 11.6 Å². The summed E-state index contributed by atoms with van der Waals surface area (Å²) in [5.74, 6) is 0.837.